The van der Waals surface area contributed by atoms with Crippen LogP contribution in [0.3, 0.4) is 0 Å². The highest BCUT2D eigenvalue weighted by atomic mass is 19.1. The smallest absolute Gasteiger partial charge is 0.227 e. The maximum absolute atomic E-state index is 13.5. The normalized spacial score (nSPS) is 12.6. The van der Waals surface area contributed by atoms with Crippen molar-refractivity contribution in [2.75, 3.05) is 6.54 Å². The average molecular weight is 249 g/mol. The van der Waals surface area contributed by atoms with Gasteiger partial charge in [0, 0.05) is 6.42 Å². The van der Waals surface area contributed by atoms with Crippen LogP contribution in [0.4, 0.5) is 4.39 Å². The zero-order chi connectivity index (χ0) is 13.0. The second-order valence-electron chi connectivity index (χ2n) is 4.21. The van der Waals surface area contributed by atoms with E-state index in [0.29, 0.717) is 30.3 Å². The Hall–Kier alpha value is -1.75. The van der Waals surface area contributed by atoms with Crippen molar-refractivity contribution in [2.24, 2.45) is 11.7 Å². The van der Waals surface area contributed by atoms with Gasteiger partial charge in [-0.25, -0.2) is 4.39 Å². The molecule has 18 heavy (non-hydrogen) atoms. The quantitative estimate of drug-likeness (QED) is 0.883. The molecule has 1 atom stereocenters. The third-order valence-electron chi connectivity index (χ3n) is 2.96. The summed E-state index contributed by atoms with van der Waals surface area (Å²) in [6.45, 7) is 2.64. The van der Waals surface area contributed by atoms with Crippen molar-refractivity contribution >= 4 is 0 Å². The van der Waals surface area contributed by atoms with E-state index in [2.05, 4.69) is 17.1 Å². The summed E-state index contributed by atoms with van der Waals surface area (Å²) in [6, 6.07) is 6.37. The summed E-state index contributed by atoms with van der Waals surface area (Å²) in [5.74, 6) is 0.759. The first-order valence-electron chi connectivity index (χ1n) is 6.02. The predicted octanol–water partition coefficient (Wildman–Crippen LogP) is 2.40. The van der Waals surface area contributed by atoms with Crippen LogP contribution < -0.4 is 5.73 Å². The molecule has 96 valence electrons. The van der Waals surface area contributed by atoms with Gasteiger partial charge in [0.15, 0.2) is 0 Å². The number of benzene rings is 1. The van der Waals surface area contributed by atoms with Crippen LogP contribution in [0.25, 0.3) is 11.4 Å². The first-order chi connectivity index (χ1) is 8.74. The summed E-state index contributed by atoms with van der Waals surface area (Å²) in [6.07, 6.45) is 1.59. The van der Waals surface area contributed by atoms with Crippen LogP contribution in [0.15, 0.2) is 28.8 Å². The largest absolute Gasteiger partial charge is 0.339 e. The average Bonchev–Trinajstić information content (AvgIpc) is 2.85. The molecule has 2 rings (SSSR count). The van der Waals surface area contributed by atoms with E-state index in [1.54, 1.807) is 18.2 Å². The zero-order valence-corrected chi connectivity index (χ0v) is 10.3. The Bertz CT molecular complexity index is 508. The van der Waals surface area contributed by atoms with E-state index >= 15 is 0 Å². The summed E-state index contributed by atoms with van der Waals surface area (Å²) < 4.78 is 18.7. The number of halogens is 1. The second kappa shape index (κ2) is 5.73. The van der Waals surface area contributed by atoms with E-state index in [1.807, 2.05) is 0 Å². The lowest BCUT2D eigenvalue weighted by Gasteiger charge is -2.07. The fraction of sp³-hybridized carbons (Fsp3) is 0.385. The Morgan fingerprint density at radius 1 is 1.39 bits per heavy atom. The van der Waals surface area contributed by atoms with Crippen molar-refractivity contribution in [3.05, 3.63) is 36.0 Å². The lowest BCUT2D eigenvalue weighted by molar-refractivity contribution is 0.350. The van der Waals surface area contributed by atoms with Gasteiger partial charge in [0.05, 0.1) is 5.56 Å². The summed E-state index contributed by atoms with van der Waals surface area (Å²) >= 11 is 0. The van der Waals surface area contributed by atoms with Crippen LogP contribution in [-0.2, 0) is 6.42 Å². The highest BCUT2D eigenvalue weighted by Crippen LogP contribution is 2.20. The van der Waals surface area contributed by atoms with Crippen molar-refractivity contribution in [3.63, 3.8) is 0 Å². The van der Waals surface area contributed by atoms with E-state index in [1.165, 1.54) is 6.07 Å². The molecule has 1 aromatic carbocycles. The molecular formula is C13H16FN3O. The number of hydrogen-bond acceptors (Lipinski definition) is 4. The minimum Gasteiger partial charge on any atom is -0.339 e. The van der Waals surface area contributed by atoms with Gasteiger partial charge in [-0.05, 0) is 24.6 Å². The fourth-order valence-electron chi connectivity index (χ4n) is 1.73. The Labute approximate surface area is 105 Å². The van der Waals surface area contributed by atoms with Crippen molar-refractivity contribution in [1.82, 2.24) is 10.1 Å². The predicted molar refractivity (Wildman–Crippen MR) is 66.2 cm³/mol. The lowest BCUT2D eigenvalue weighted by atomic mass is 10.0. The zero-order valence-electron chi connectivity index (χ0n) is 10.3. The first kappa shape index (κ1) is 12.7. The van der Waals surface area contributed by atoms with Gasteiger partial charge in [-0.2, -0.15) is 4.98 Å². The van der Waals surface area contributed by atoms with Gasteiger partial charge in [-0.3, -0.25) is 0 Å². The molecule has 1 heterocycles. The first-order valence-corrected chi connectivity index (χ1v) is 6.02. The van der Waals surface area contributed by atoms with Crippen LogP contribution >= 0.6 is 0 Å². The van der Waals surface area contributed by atoms with Crippen molar-refractivity contribution in [3.8, 4) is 11.4 Å². The highest BCUT2D eigenvalue weighted by molar-refractivity contribution is 5.54. The molecule has 5 heteroatoms. The van der Waals surface area contributed by atoms with E-state index in [4.69, 9.17) is 10.3 Å². The van der Waals surface area contributed by atoms with E-state index in [0.717, 1.165) is 6.42 Å². The number of hydrogen-bond donors (Lipinski definition) is 1. The standard InChI is InChI=1S/C13H16FN3O/c1-2-9(8-15)7-12-16-13(17-18-12)10-5-3-4-6-11(10)14/h3-6,9H,2,7-8,15H2,1H3. The molecule has 0 radical (unpaired) electrons. The molecule has 0 fully saturated rings. The molecule has 0 amide bonds. The van der Waals surface area contributed by atoms with Crippen LogP contribution in [0.2, 0.25) is 0 Å². The molecule has 0 saturated heterocycles. The van der Waals surface area contributed by atoms with Crippen LogP contribution in [0.1, 0.15) is 19.2 Å². The molecule has 0 bridgehead atoms. The third kappa shape index (κ3) is 2.73. The van der Waals surface area contributed by atoms with Crippen LogP contribution in [0, 0.1) is 11.7 Å². The minimum atomic E-state index is -0.351. The molecule has 0 aliphatic heterocycles. The molecule has 1 aromatic heterocycles. The summed E-state index contributed by atoms with van der Waals surface area (Å²) in [5.41, 5.74) is 5.98. The van der Waals surface area contributed by atoms with Crippen LogP contribution in [-0.4, -0.2) is 16.7 Å². The SMILES string of the molecule is CCC(CN)Cc1nc(-c2ccccc2F)no1. The van der Waals surface area contributed by atoms with E-state index < -0.39 is 0 Å². The Morgan fingerprint density at radius 3 is 2.83 bits per heavy atom. The molecule has 0 saturated carbocycles. The van der Waals surface area contributed by atoms with Crippen molar-refractivity contribution in [1.29, 1.82) is 0 Å². The summed E-state index contributed by atoms with van der Waals surface area (Å²) in [7, 11) is 0. The number of aromatic nitrogens is 2. The number of nitrogens with two attached hydrogens (primary N) is 1. The van der Waals surface area contributed by atoms with Crippen LogP contribution in [0.5, 0.6) is 0 Å². The lowest BCUT2D eigenvalue weighted by Crippen LogP contribution is -2.15. The van der Waals surface area contributed by atoms with Gasteiger partial charge >= 0.3 is 0 Å². The van der Waals surface area contributed by atoms with Crippen molar-refractivity contribution < 1.29 is 8.91 Å². The topological polar surface area (TPSA) is 64.9 Å². The molecule has 2 aromatic rings. The number of nitrogens with zero attached hydrogens (tertiary/aromatic N) is 2. The van der Waals surface area contributed by atoms with Gasteiger partial charge in [0.1, 0.15) is 5.82 Å². The van der Waals surface area contributed by atoms with E-state index in [-0.39, 0.29) is 11.6 Å². The van der Waals surface area contributed by atoms with Gasteiger partial charge < -0.3 is 10.3 Å². The van der Waals surface area contributed by atoms with Gasteiger partial charge in [0.25, 0.3) is 0 Å². The fourth-order valence-corrected chi connectivity index (χ4v) is 1.73. The molecule has 1 unspecified atom stereocenters. The highest BCUT2D eigenvalue weighted by Gasteiger charge is 2.14. The Morgan fingerprint density at radius 2 is 2.17 bits per heavy atom. The molecule has 4 nitrogen and oxygen atoms in total. The van der Waals surface area contributed by atoms with E-state index in [9.17, 15) is 4.39 Å². The molecule has 0 aliphatic carbocycles. The second-order valence-corrected chi connectivity index (χ2v) is 4.21. The van der Waals surface area contributed by atoms with Gasteiger partial charge in [-0.15, -0.1) is 0 Å². The van der Waals surface area contributed by atoms with Gasteiger partial charge in [-0.1, -0.05) is 30.6 Å². The number of rotatable bonds is 5. The summed E-state index contributed by atoms with van der Waals surface area (Å²) in [5, 5.41) is 3.80. The molecule has 0 aliphatic rings. The maximum Gasteiger partial charge on any atom is 0.227 e. The molecule has 2 N–H and O–H groups in total. The third-order valence-corrected chi connectivity index (χ3v) is 2.96. The Kier molecular flexibility index (Phi) is 4.04. The van der Waals surface area contributed by atoms with Gasteiger partial charge in [0.2, 0.25) is 11.7 Å². The van der Waals surface area contributed by atoms with Crippen molar-refractivity contribution in [2.45, 2.75) is 19.8 Å². The molecule has 0 spiro atoms. The maximum atomic E-state index is 13.5. The minimum absolute atomic E-state index is 0.287. The Balaban J connectivity index is 2.18. The summed E-state index contributed by atoms with van der Waals surface area (Å²) in [4.78, 5) is 4.20. The molecular weight excluding hydrogens is 233 g/mol. The monoisotopic (exact) mass is 249 g/mol.